The van der Waals surface area contributed by atoms with Crippen LogP contribution in [-0.4, -0.2) is 28.1 Å². The Balaban J connectivity index is 3.21. The largest absolute Gasteiger partial charge is 0.417 e. The lowest BCUT2D eigenvalue weighted by atomic mass is 10.1. The van der Waals surface area contributed by atoms with Crippen LogP contribution < -0.4 is 0 Å². The molecule has 0 rings (SSSR count). The van der Waals surface area contributed by atoms with Crippen LogP contribution in [0.25, 0.3) is 0 Å². The molecule has 26 heavy (non-hydrogen) atoms. The van der Waals surface area contributed by atoms with Gasteiger partial charge in [0, 0.05) is 19.8 Å². The Kier molecular flexibility index (Phi) is 16.2. The Hall–Kier alpha value is 0.137. The third kappa shape index (κ3) is 15.2. The predicted octanol–water partition coefficient (Wildman–Crippen LogP) is 8.12. The molecule has 0 heterocycles. The van der Waals surface area contributed by atoms with E-state index >= 15 is 0 Å². The molecule has 0 bridgehead atoms. The fraction of sp³-hybridized carbons (Fsp3) is 1.00. The number of unbranched alkanes of at least 4 members (excludes halogenated alkanes) is 11. The SMILES string of the molecule is CCCCCCCCCCCCCCOCCCO[Si](C)(C)C(C)(C)C. The van der Waals surface area contributed by atoms with Crippen molar-refractivity contribution in [1.82, 2.24) is 0 Å². The van der Waals surface area contributed by atoms with Gasteiger partial charge in [0.05, 0.1) is 0 Å². The molecule has 3 heteroatoms. The van der Waals surface area contributed by atoms with Crippen molar-refractivity contribution in [3.63, 3.8) is 0 Å². The molecule has 0 aliphatic heterocycles. The third-order valence-electron chi connectivity index (χ3n) is 5.84. The Labute approximate surface area is 166 Å². The lowest BCUT2D eigenvalue weighted by Gasteiger charge is -2.36. The molecule has 0 aromatic heterocycles. The Morgan fingerprint density at radius 2 is 1.00 bits per heavy atom. The summed E-state index contributed by atoms with van der Waals surface area (Å²) in [4.78, 5) is 0. The van der Waals surface area contributed by atoms with Crippen LogP contribution in [0.3, 0.4) is 0 Å². The number of rotatable bonds is 18. The Morgan fingerprint density at radius 1 is 0.577 bits per heavy atom. The number of hydrogen-bond donors (Lipinski definition) is 0. The second kappa shape index (κ2) is 16.1. The highest BCUT2D eigenvalue weighted by Crippen LogP contribution is 2.36. The van der Waals surface area contributed by atoms with Gasteiger partial charge in [-0.1, -0.05) is 98.3 Å². The first-order valence-electron chi connectivity index (χ1n) is 11.5. The van der Waals surface area contributed by atoms with Gasteiger partial charge >= 0.3 is 0 Å². The van der Waals surface area contributed by atoms with Crippen molar-refractivity contribution in [2.24, 2.45) is 0 Å². The van der Waals surface area contributed by atoms with Gasteiger partial charge in [0.25, 0.3) is 0 Å². The summed E-state index contributed by atoms with van der Waals surface area (Å²) in [7, 11) is -1.57. The maximum Gasteiger partial charge on any atom is 0.191 e. The minimum atomic E-state index is -1.57. The molecular weight excluding hydrogens is 336 g/mol. The van der Waals surface area contributed by atoms with Gasteiger partial charge in [0.2, 0.25) is 0 Å². The van der Waals surface area contributed by atoms with Crippen molar-refractivity contribution in [3.8, 4) is 0 Å². The van der Waals surface area contributed by atoms with E-state index in [9.17, 15) is 0 Å². The lowest BCUT2D eigenvalue weighted by molar-refractivity contribution is 0.114. The van der Waals surface area contributed by atoms with Crippen molar-refractivity contribution < 1.29 is 9.16 Å². The van der Waals surface area contributed by atoms with E-state index in [-0.39, 0.29) is 0 Å². The van der Waals surface area contributed by atoms with Crippen LogP contribution in [0, 0.1) is 0 Å². The van der Waals surface area contributed by atoms with Crippen molar-refractivity contribution >= 4 is 8.32 Å². The minimum absolute atomic E-state index is 0.308. The average molecular weight is 387 g/mol. The van der Waals surface area contributed by atoms with Crippen LogP contribution in [0.4, 0.5) is 0 Å². The zero-order chi connectivity index (χ0) is 19.7. The van der Waals surface area contributed by atoms with Crippen molar-refractivity contribution in [2.75, 3.05) is 19.8 Å². The van der Waals surface area contributed by atoms with E-state index in [4.69, 9.17) is 9.16 Å². The quantitative estimate of drug-likeness (QED) is 0.175. The van der Waals surface area contributed by atoms with E-state index in [1.807, 2.05) is 0 Å². The normalized spacial score (nSPS) is 12.7. The van der Waals surface area contributed by atoms with Gasteiger partial charge in [0.15, 0.2) is 8.32 Å². The van der Waals surface area contributed by atoms with Gasteiger partial charge in [-0.3, -0.25) is 0 Å². The van der Waals surface area contributed by atoms with Crippen LogP contribution in [0.2, 0.25) is 18.1 Å². The van der Waals surface area contributed by atoms with Gasteiger partial charge < -0.3 is 9.16 Å². The molecule has 0 aromatic rings. The molecule has 0 fully saturated rings. The maximum atomic E-state index is 6.17. The van der Waals surface area contributed by atoms with Crippen LogP contribution in [-0.2, 0) is 9.16 Å². The van der Waals surface area contributed by atoms with Gasteiger partial charge in [-0.2, -0.15) is 0 Å². The smallest absolute Gasteiger partial charge is 0.191 e. The minimum Gasteiger partial charge on any atom is -0.417 e. The summed E-state index contributed by atoms with van der Waals surface area (Å²) in [6, 6.07) is 0. The van der Waals surface area contributed by atoms with Crippen LogP contribution >= 0.6 is 0 Å². The molecule has 0 aliphatic rings. The molecule has 0 unspecified atom stereocenters. The molecule has 0 aliphatic carbocycles. The van der Waals surface area contributed by atoms with Crippen LogP contribution in [0.15, 0.2) is 0 Å². The summed E-state index contributed by atoms with van der Waals surface area (Å²) in [6.45, 7) is 16.4. The van der Waals surface area contributed by atoms with Crippen molar-refractivity contribution in [2.45, 2.75) is 129 Å². The molecule has 0 saturated carbocycles. The molecule has 2 nitrogen and oxygen atoms in total. The molecule has 0 amide bonds. The van der Waals surface area contributed by atoms with Crippen LogP contribution in [0.5, 0.6) is 0 Å². The Bertz CT molecular complexity index is 297. The summed E-state index contributed by atoms with van der Waals surface area (Å²) >= 11 is 0. The second-order valence-electron chi connectivity index (χ2n) is 9.46. The van der Waals surface area contributed by atoms with Crippen molar-refractivity contribution in [3.05, 3.63) is 0 Å². The van der Waals surface area contributed by atoms with E-state index < -0.39 is 8.32 Å². The zero-order valence-corrected chi connectivity index (χ0v) is 20.1. The van der Waals surface area contributed by atoms with E-state index in [1.165, 1.54) is 77.0 Å². The first-order chi connectivity index (χ1) is 12.3. The fourth-order valence-corrected chi connectivity index (χ4v) is 3.94. The molecule has 0 aromatic carbocycles. The number of hydrogen-bond acceptors (Lipinski definition) is 2. The molecule has 158 valence electrons. The first kappa shape index (κ1) is 26.1. The molecule has 0 atom stereocenters. The fourth-order valence-electron chi connectivity index (χ4n) is 2.85. The summed E-state index contributed by atoms with van der Waals surface area (Å²) in [5.41, 5.74) is 0. The molecule has 0 spiro atoms. The first-order valence-corrected chi connectivity index (χ1v) is 14.4. The van der Waals surface area contributed by atoms with Crippen molar-refractivity contribution in [1.29, 1.82) is 0 Å². The highest BCUT2D eigenvalue weighted by Gasteiger charge is 2.36. The zero-order valence-electron chi connectivity index (χ0n) is 19.1. The summed E-state index contributed by atoms with van der Waals surface area (Å²) in [6.07, 6.45) is 17.8. The van der Waals surface area contributed by atoms with Crippen LogP contribution in [0.1, 0.15) is 111 Å². The van der Waals surface area contributed by atoms with Gasteiger partial charge in [-0.25, -0.2) is 0 Å². The maximum absolute atomic E-state index is 6.17. The summed E-state index contributed by atoms with van der Waals surface area (Å²) in [5, 5.41) is 0.308. The lowest BCUT2D eigenvalue weighted by Crippen LogP contribution is -2.41. The molecular formula is C23H50O2Si. The third-order valence-corrected chi connectivity index (χ3v) is 10.4. The summed E-state index contributed by atoms with van der Waals surface area (Å²) in [5.74, 6) is 0. The molecule has 0 saturated heterocycles. The van der Waals surface area contributed by atoms with Gasteiger partial charge in [-0.05, 0) is 31.0 Å². The van der Waals surface area contributed by atoms with E-state index in [2.05, 4.69) is 40.8 Å². The van der Waals surface area contributed by atoms with E-state index in [0.717, 1.165) is 26.2 Å². The van der Waals surface area contributed by atoms with Gasteiger partial charge in [0.1, 0.15) is 0 Å². The Morgan fingerprint density at radius 3 is 1.46 bits per heavy atom. The highest BCUT2D eigenvalue weighted by molar-refractivity contribution is 6.74. The standard InChI is InChI=1S/C23H50O2Si/c1-7-8-9-10-11-12-13-14-15-16-17-18-20-24-21-19-22-25-26(5,6)23(2,3)4/h7-22H2,1-6H3. The van der Waals surface area contributed by atoms with Gasteiger partial charge in [-0.15, -0.1) is 0 Å². The monoisotopic (exact) mass is 386 g/mol. The molecule has 0 N–H and O–H groups in total. The second-order valence-corrected chi connectivity index (χ2v) is 14.3. The summed E-state index contributed by atoms with van der Waals surface area (Å²) < 4.78 is 11.9. The van der Waals surface area contributed by atoms with E-state index in [1.54, 1.807) is 0 Å². The number of ether oxygens (including phenoxy) is 1. The topological polar surface area (TPSA) is 18.5 Å². The van der Waals surface area contributed by atoms with E-state index in [0.29, 0.717) is 5.04 Å². The molecule has 0 radical (unpaired) electrons. The highest BCUT2D eigenvalue weighted by atomic mass is 28.4. The predicted molar refractivity (Wildman–Crippen MR) is 120 cm³/mol. The average Bonchev–Trinajstić information content (AvgIpc) is 2.56.